The van der Waals surface area contributed by atoms with Gasteiger partial charge in [0.1, 0.15) is 11.9 Å². The number of pyridine rings is 1. The second kappa shape index (κ2) is 13.1. The first-order chi connectivity index (χ1) is 19.4. The third-order valence-corrected chi connectivity index (χ3v) is 8.91. The van der Waals surface area contributed by atoms with Gasteiger partial charge in [-0.25, -0.2) is 13.1 Å². The molecule has 3 aromatic carbocycles. The Labute approximate surface area is 241 Å². The second-order valence-electron chi connectivity index (χ2n) is 10.2. The summed E-state index contributed by atoms with van der Waals surface area (Å²) in [4.78, 5) is 6.72. The predicted molar refractivity (Wildman–Crippen MR) is 162 cm³/mol. The fourth-order valence-electron chi connectivity index (χ4n) is 5.09. The van der Waals surface area contributed by atoms with Crippen molar-refractivity contribution in [1.29, 1.82) is 0 Å². The van der Waals surface area contributed by atoms with E-state index in [0.717, 1.165) is 66.7 Å². The van der Waals surface area contributed by atoms with E-state index in [1.807, 2.05) is 54.6 Å². The van der Waals surface area contributed by atoms with Gasteiger partial charge in [0.15, 0.2) is 0 Å². The minimum Gasteiger partial charge on any atom is -0.489 e. The molecule has 0 radical (unpaired) electrons. The Kier molecular flexibility index (Phi) is 9.34. The Morgan fingerprint density at radius 2 is 1.88 bits per heavy atom. The lowest BCUT2D eigenvalue weighted by molar-refractivity contribution is 0.206. The van der Waals surface area contributed by atoms with Crippen LogP contribution in [0.2, 0.25) is 5.02 Å². The highest BCUT2D eigenvalue weighted by Crippen LogP contribution is 2.30. The standard InChI is InChI=1S/C31H35ClN4O3S/c1-36-17-12-28(22-36)39-30-20-27(32)10-9-24(30)8-5-13-33-15-16-35-40(37,38)31-19-25(23-6-3-2-4-7-23)18-26-21-34-14-11-29(26)31/h2-4,6-7,9-11,14,18-21,28,33,35H,5,8,12-13,15-17,22H2,1H3. The second-order valence-corrected chi connectivity index (χ2v) is 12.4. The van der Waals surface area contributed by atoms with E-state index in [4.69, 9.17) is 16.3 Å². The van der Waals surface area contributed by atoms with E-state index in [2.05, 4.69) is 27.0 Å². The zero-order chi connectivity index (χ0) is 28.0. The summed E-state index contributed by atoms with van der Waals surface area (Å²) in [6.45, 7) is 3.53. The summed E-state index contributed by atoms with van der Waals surface area (Å²) in [5.74, 6) is 0.862. The quantitative estimate of drug-likeness (QED) is 0.227. The van der Waals surface area contributed by atoms with Crippen LogP contribution in [0.5, 0.6) is 5.75 Å². The van der Waals surface area contributed by atoms with Crippen LogP contribution in [-0.4, -0.2) is 64.2 Å². The maximum Gasteiger partial charge on any atom is 0.241 e. The van der Waals surface area contributed by atoms with Crippen LogP contribution in [0.25, 0.3) is 21.9 Å². The normalized spacial score (nSPS) is 16.0. The molecule has 1 aliphatic heterocycles. The van der Waals surface area contributed by atoms with Crippen molar-refractivity contribution in [2.24, 2.45) is 0 Å². The summed E-state index contributed by atoms with van der Waals surface area (Å²) in [5.41, 5.74) is 2.93. The number of benzene rings is 3. The number of nitrogens with one attached hydrogen (secondary N) is 2. The van der Waals surface area contributed by atoms with Crippen LogP contribution in [0.1, 0.15) is 18.4 Å². The van der Waals surface area contributed by atoms with Crippen molar-refractivity contribution in [3.05, 3.63) is 89.7 Å². The monoisotopic (exact) mass is 578 g/mol. The fraction of sp³-hybridized carbons (Fsp3) is 0.323. The third kappa shape index (κ3) is 7.19. The molecule has 0 amide bonds. The van der Waals surface area contributed by atoms with Gasteiger partial charge in [-0.2, -0.15) is 0 Å². The average Bonchev–Trinajstić information content (AvgIpc) is 3.37. The van der Waals surface area contributed by atoms with Crippen LogP contribution in [0.3, 0.4) is 0 Å². The summed E-state index contributed by atoms with van der Waals surface area (Å²) < 4.78 is 35.7. The molecule has 1 aromatic heterocycles. The number of aromatic nitrogens is 1. The smallest absolute Gasteiger partial charge is 0.241 e. The molecule has 210 valence electrons. The number of ether oxygens (including phenoxy) is 1. The summed E-state index contributed by atoms with van der Waals surface area (Å²) in [7, 11) is -1.62. The van der Waals surface area contributed by atoms with Gasteiger partial charge in [0.05, 0.1) is 4.90 Å². The van der Waals surface area contributed by atoms with Crippen molar-refractivity contribution in [1.82, 2.24) is 19.9 Å². The number of sulfonamides is 1. The van der Waals surface area contributed by atoms with Gasteiger partial charge in [-0.3, -0.25) is 4.98 Å². The molecular weight excluding hydrogens is 544 g/mol. The lowest BCUT2D eigenvalue weighted by Gasteiger charge is -2.17. The number of nitrogens with zero attached hydrogens (tertiary/aromatic N) is 2. The summed E-state index contributed by atoms with van der Waals surface area (Å²) in [6.07, 6.45) is 6.27. The molecule has 7 nitrogen and oxygen atoms in total. The molecule has 0 spiro atoms. The molecule has 0 aliphatic carbocycles. The van der Waals surface area contributed by atoms with E-state index in [1.165, 1.54) is 0 Å². The van der Waals surface area contributed by atoms with Crippen molar-refractivity contribution in [2.45, 2.75) is 30.3 Å². The summed E-state index contributed by atoms with van der Waals surface area (Å²) >= 11 is 6.24. The van der Waals surface area contributed by atoms with Crippen LogP contribution >= 0.6 is 11.6 Å². The first-order valence-electron chi connectivity index (χ1n) is 13.7. The van der Waals surface area contributed by atoms with Crippen molar-refractivity contribution in [3.63, 3.8) is 0 Å². The molecule has 2 N–H and O–H groups in total. The number of likely N-dealkylation sites (tertiary alicyclic amines) is 1. The van der Waals surface area contributed by atoms with E-state index in [9.17, 15) is 8.42 Å². The lowest BCUT2D eigenvalue weighted by Crippen LogP contribution is -2.32. The number of hydrogen-bond donors (Lipinski definition) is 2. The van der Waals surface area contributed by atoms with Gasteiger partial charge in [-0.15, -0.1) is 0 Å². The highest BCUT2D eigenvalue weighted by molar-refractivity contribution is 7.89. The van der Waals surface area contributed by atoms with Gasteiger partial charge in [0, 0.05) is 54.4 Å². The Morgan fingerprint density at radius 1 is 1.02 bits per heavy atom. The maximum atomic E-state index is 13.3. The minimum absolute atomic E-state index is 0.190. The van der Waals surface area contributed by atoms with Crippen molar-refractivity contribution < 1.29 is 13.2 Å². The molecule has 1 aliphatic rings. The molecule has 9 heteroatoms. The number of aryl methyl sites for hydroxylation is 1. The van der Waals surface area contributed by atoms with Gasteiger partial charge in [-0.05, 0) is 79.9 Å². The zero-order valence-corrected chi connectivity index (χ0v) is 24.2. The Balaban J connectivity index is 1.14. The van der Waals surface area contributed by atoms with Crippen LogP contribution < -0.4 is 14.8 Å². The molecule has 40 heavy (non-hydrogen) atoms. The third-order valence-electron chi connectivity index (χ3n) is 7.18. The molecule has 1 unspecified atom stereocenters. The van der Waals surface area contributed by atoms with E-state index in [1.54, 1.807) is 24.5 Å². The molecule has 5 rings (SSSR count). The Bertz CT molecular complexity index is 1550. The van der Waals surface area contributed by atoms with Crippen molar-refractivity contribution in [3.8, 4) is 16.9 Å². The van der Waals surface area contributed by atoms with Gasteiger partial charge in [-0.1, -0.05) is 48.0 Å². The summed E-state index contributed by atoms with van der Waals surface area (Å²) in [6, 6.07) is 21.1. The lowest BCUT2D eigenvalue weighted by atomic mass is 10.0. The van der Waals surface area contributed by atoms with Gasteiger partial charge in [0.2, 0.25) is 10.0 Å². The van der Waals surface area contributed by atoms with Crippen molar-refractivity contribution in [2.75, 3.05) is 39.8 Å². The largest absolute Gasteiger partial charge is 0.489 e. The van der Waals surface area contributed by atoms with Gasteiger partial charge in [0.25, 0.3) is 0 Å². The summed E-state index contributed by atoms with van der Waals surface area (Å²) in [5, 5.41) is 5.47. The topological polar surface area (TPSA) is 83.6 Å². The molecule has 1 fully saturated rings. The van der Waals surface area contributed by atoms with Gasteiger partial charge >= 0.3 is 0 Å². The molecule has 4 aromatic rings. The highest BCUT2D eigenvalue weighted by atomic mass is 35.5. The number of hydrogen-bond acceptors (Lipinski definition) is 6. The number of fused-ring (bicyclic) bond motifs is 1. The highest BCUT2D eigenvalue weighted by Gasteiger charge is 2.22. The predicted octanol–water partition coefficient (Wildman–Crippen LogP) is 5.14. The van der Waals surface area contributed by atoms with Crippen molar-refractivity contribution >= 4 is 32.4 Å². The molecule has 0 bridgehead atoms. The number of likely N-dealkylation sites (N-methyl/N-ethyl adjacent to an activating group) is 1. The number of rotatable bonds is 12. The zero-order valence-electron chi connectivity index (χ0n) is 22.6. The van der Waals surface area contributed by atoms with Gasteiger partial charge < -0.3 is 15.0 Å². The molecule has 1 saturated heterocycles. The first-order valence-corrected chi connectivity index (χ1v) is 15.5. The average molecular weight is 579 g/mol. The van der Waals surface area contributed by atoms with E-state index >= 15 is 0 Å². The van der Waals surface area contributed by atoms with E-state index in [-0.39, 0.29) is 17.5 Å². The van der Waals surface area contributed by atoms with Crippen LogP contribution in [0.15, 0.2) is 84.0 Å². The van der Waals surface area contributed by atoms with Crippen LogP contribution in [-0.2, 0) is 16.4 Å². The molecule has 2 heterocycles. The molecule has 0 saturated carbocycles. The van der Waals surface area contributed by atoms with E-state index < -0.39 is 10.0 Å². The molecule has 1 atom stereocenters. The molecular formula is C31H35ClN4O3S. The Hall–Kier alpha value is -3.01. The van der Waals surface area contributed by atoms with Crippen LogP contribution in [0, 0.1) is 0 Å². The fourth-order valence-corrected chi connectivity index (χ4v) is 6.54. The Morgan fingerprint density at radius 3 is 2.67 bits per heavy atom. The number of halogens is 1. The first kappa shape index (κ1) is 28.5. The SMILES string of the molecule is CN1CCC(Oc2cc(Cl)ccc2CCCNCCNS(=O)(=O)c2cc(-c3ccccc3)cc3cnccc23)C1. The van der Waals surface area contributed by atoms with E-state index in [0.29, 0.717) is 17.0 Å². The maximum absolute atomic E-state index is 13.3. The minimum atomic E-state index is -3.73. The van der Waals surface area contributed by atoms with Crippen LogP contribution in [0.4, 0.5) is 0 Å².